The Morgan fingerprint density at radius 3 is 2.57 bits per heavy atom. The van der Waals surface area contributed by atoms with Crippen LogP contribution in [0.5, 0.6) is 0 Å². The van der Waals surface area contributed by atoms with E-state index in [0.29, 0.717) is 31.1 Å². The van der Waals surface area contributed by atoms with Crippen LogP contribution in [0.15, 0.2) is 18.2 Å². The fraction of sp³-hybridized carbons (Fsp3) is 0.600. The Labute approximate surface area is 172 Å². The maximum atomic E-state index is 12.2. The van der Waals surface area contributed by atoms with Gasteiger partial charge in [0.25, 0.3) is 0 Å². The predicted molar refractivity (Wildman–Crippen MR) is 109 cm³/mol. The largest absolute Gasteiger partial charge is 0.453 e. The molecule has 28 heavy (non-hydrogen) atoms. The number of carbonyl (C=O) groups excluding carboxylic acids is 2. The predicted octanol–water partition coefficient (Wildman–Crippen LogP) is 4.32. The molecule has 0 radical (unpaired) electrons. The third-order valence-electron chi connectivity index (χ3n) is 3.90. The summed E-state index contributed by atoms with van der Waals surface area (Å²) < 4.78 is 15.9. The fourth-order valence-electron chi connectivity index (χ4n) is 2.46. The number of methoxy groups -OCH3 is 1. The van der Waals surface area contributed by atoms with Crippen molar-refractivity contribution in [1.82, 2.24) is 10.2 Å². The molecular weight excluding hydrogens is 384 g/mol. The van der Waals surface area contributed by atoms with E-state index in [9.17, 15) is 9.59 Å². The average molecular weight is 415 g/mol. The van der Waals surface area contributed by atoms with E-state index in [-0.39, 0.29) is 12.2 Å². The Bertz CT molecular complexity index is 660. The summed E-state index contributed by atoms with van der Waals surface area (Å²) in [6.45, 7) is 8.51. The molecule has 158 valence electrons. The van der Waals surface area contributed by atoms with E-state index >= 15 is 0 Å². The Hall–Kier alpha value is -1.99. The molecule has 7 nitrogen and oxygen atoms in total. The van der Waals surface area contributed by atoms with E-state index in [2.05, 4.69) is 10.1 Å². The molecule has 0 aliphatic carbocycles. The number of rotatable bonds is 8. The van der Waals surface area contributed by atoms with Crippen LogP contribution in [-0.4, -0.2) is 56.5 Å². The highest BCUT2D eigenvalue weighted by Gasteiger charge is 2.22. The summed E-state index contributed by atoms with van der Waals surface area (Å²) in [5, 5.41) is 3.19. The van der Waals surface area contributed by atoms with Gasteiger partial charge in [-0.25, -0.2) is 9.59 Å². The summed E-state index contributed by atoms with van der Waals surface area (Å²) in [5.41, 5.74) is 1.43. The van der Waals surface area contributed by atoms with Gasteiger partial charge in [0.05, 0.1) is 19.8 Å². The normalized spacial score (nSPS) is 12.2. The summed E-state index contributed by atoms with van der Waals surface area (Å²) in [4.78, 5) is 24.9. The van der Waals surface area contributed by atoms with Crippen molar-refractivity contribution in [2.75, 3.05) is 33.9 Å². The number of nitrogens with zero attached hydrogens (tertiary/aromatic N) is 1. The number of amides is 2. The number of benzene rings is 1. The molecule has 0 aliphatic rings. The SMILES string of the molecule is COC(=O)NCCOC(CCN(C)C(=O)OC(C)(C)C)c1cc(Cl)ccc1C. The molecule has 0 heterocycles. The average Bonchev–Trinajstić information content (AvgIpc) is 2.61. The molecule has 1 unspecified atom stereocenters. The van der Waals surface area contributed by atoms with Crippen molar-refractivity contribution in [2.45, 2.75) is 45.8 Å². The van der Waals surface area contributed by atoms with E-state index in [1.807, 2.05) is 45.9 Å². The zero-order valence-electron chi connectivity index (χ0n) is 17.5. The maximum absolute atomic E-state index is 12.2. The van der Waals surface area contributed by atoms with Gasteiger partial charge in [0.1, 0.15) is 5.60 Å². The first-order valence-electron chi connectivity index (χ1n) is 9.17. The second-order valence-electron chi connectivity index (χ2n) is 7.47. The van der Waals surface area contributed by atoms with Gasteiger partial charge in [0.15, 0.2) is 0 Å². The molecule has 1 aromatic carbocycles. The highest BCUT2D eigenvalue weighted by atomic mass is 35.5. The standard InChI is InChI=1S/C20H31ClN2O5/c1-14-7-8-15(21)13-16(14)17(27-12-10-22-18(24)26-6)9-11-23(5)19(25)28-20(2,3)4/h7-8,13,17H,9-12H2,1-6H3,(H,22,24). The highest BCUT2D eigenvalue weighted by Crippen LogP contribution is 2.27. The number of nitrogens with one attached hydrogen (secondary N) is 1. The van der Waals surface area contributed by atoms with Gasteiger partial charge in [0.2, 0.25) is 0 Å². The molecule has 1 N–H and O–H groups in total. The van der Waals surface area contributed by atoms with E-state index in [4.69, 9.17) is 21.1 Å². The minimum Gasteiger partial charge on any atom is -0.453 e. The molecule has 1 aromatic rings. The first kappa shape index (κ1) is 24.0. The zero-order valence-corrected chi connectivity index (χ0v) is 18.3. The maximum Gasteiger partial charge on any atom is 0.410 e. The van der Waals surface area contributed by atoms with Crippen LogP contribution >= 0.6 is 11.6 Å². The van der Waals surface area contributed by atoms with Crippen LogP contribution in [-0.2, 0) is 14.2 Å². The molecule has 8 heteroatoms. The molecule has 0 bridgehead atoms. The number of alkyl carbamates (subject to hydrolysis) is 1. The van der Waals surface area contributed by atoms with Gasteiger partial charge >= 0.3 is 12.2 Å². The molecule has 0 aromatic heterocycles. The zero-order chi connectivity index (χ0) is 21.3. The number of aryl methyl sites for hydroxylation is 1. The lowest BCUT2D eigenvalue weighted by molar-refractivity contribution is 0.0188. The lowest BCUT2D eigenvalue weighted by Gasteiger charge is -2.27. The van der Waals surface area contributed by atoms with Gasteiger partial charge in [-0.2, -0.15) is 0 Å². The van der Waals surface area contributed by atoms with E-state index in [0.717, 1.165) is 11.1 Å². The second kappa shape index (κ2) is 11.1. The molecule has 0 spiro atoms. The molecule has 0 saturated carbocycles. The summed E-state index contributed by atoms with van der Waals surface area (Å²) in [6, 6.07) is 5.62. The van der Waals surface area contributed by atoms with Crippen LogP contribution in [0.2, 0.25) is 5.02 Å². The third kappa shape index (κ3) is 8.80. The van der Waals surface area contributed by atoms with Crippen LogP contribution in [0.25, 0.3) is 0 Å². The third-order valence-corrected chi connectivity index (χ3v) is 4.13. The topological polar surface area (TPSA) is 77.1 Å². The van der Waals surface area contributed by atoms with Crippen molar-refractivity contribution in [1.29, 1.82) is 0 Å². The quantitative estimate of drug-likeness (QED) is 0.641. The van der Waals surface area contributed by atoms with Crippen molar-refractivity contribution in [2.24, 2.45) is 0 Å². The summed E-state index contributed by atoms with van der Waals surface area (Å²) in [7, 11) is 3.00. The minimum atomic E-state index is -0.551. The van der Waals surface area contributed by atoms with Crippen molar-refractivity contribution >= 4 is 23.8 Å². The number of hydrogen-bond donors (Lipinski definition) is 1. The van der Waals surface area contributed by atoms with Crippen molar-refractivity contribution in [3.63, 3.8) is 0 Å². The Morgan fingerprint density at radius 2 is 1.96 bits per heavy atom. The first-order chi connectivity index (χ1) is 13.0. The second-order valence-corrected chi connectivity index (χ2v) is 7.91. The molecule has 0 saturated heterocycles. The lowest BCUT2D eigenvalue weighted by atomic mass is 10.0. The highest BCUT2D eigenvalue weighted by molar-refractivity contribution is 6.30. The van der Waals surface area contributed by atoms with Gasteiger partial charge in [-0.1, -0.05) is 17.7 Å². The number of carbonyl (C=O) groups is 2. The van der Waals surface area contributed by atoms with Crippen LogP contribution in [0.3, 0.4) is 0 Å². The molecular formula is C20H31ClN2O5. The molecule has 0 fully saturated rings. The fourth-order valence-corrected chi connectivity index (χ4v) is 2.64. The van der Waals surface area contributed by atoms with Crippen molar-refractivity contribution in [3.8, 4) is 0 Å². The number of halogens is 1. The van der Waals surface area contributed by atoms with E-state index in [1.165, 1.54) is 12.0 Å². The van der Waals surface area contributed by atoms with Crippen molar-refractivity contribution < 1.29 is 23.8 Å². The summed E-state index contributed by atoms with van der Waals surface area (Å²) >= 11 is 6.15. The molecule has 0 aliphatic heterocycles. The van der Waals surface area contributed by atoms with Gasteiger partial charge in [-0.05, 0) is 57.4 Å². The first-order valence-corrected chi connectivity index (χ1v) is 9.55. The van der Waals surface area contributed by atoms with E-state index in [1.54, 1.807) is 7.05 Å². The smallest absolute Gasteiger partial charge is 0.410 e. The van der Waals surface area contributed by atoms with Gasteiger partial charge < -0.3 is 24.4 Å². The van der Waals surface area contributed by atoms with Crippen LogP contribution < -0.4 is 5.32 Å². The van der Waals surface area contributed by atoms with E-state index < -0.39 is 11.7 Å². The molecule has 1 atom stereocenters. The van der Waals surface area contributed by atoms with Gasteiger partial charge in [0, 0.05) is 25.2 Å². The van der Waals surface area contributed by atoms with Gasteiger partial charge in [-0.15, -0.1) is 0 Å². The van der Waals surface area contributed by atoms with Crippen molar-refractivity contribution in [3.05, 3.63) is 34.3 Å². The Morgan fingerprint density at radius 1 is 1.29 bits per heavy atom. The van der Waals surface area contributed by atoms with Crippen LogP contribution in [0, 0.1) is 6.92 Å². The van der Waals surface area contributed by atoms with Crippen LogP contribution in [0.1, 0.15) is 44.4 Å². The van der Waals surface area contributed by atoms with Gasteiger partial charge in [-0.3, -0.25) is 0 Å². The number of ether oxygens (including phenoxy) is 3. The monoisotopic (exact) mass is 414 g/mol. The van der Waals surface area contributed by atoms with Crippen LogP contribution in [0.4, 0.5) is 9.59 Å². The summed E-state index contributed by atoms with van der Waals surface area (Å²) in [5.74, 6) is 0. The Kier molecular flexibility index (Phi) is 9.55. The Balaban J connectivity index is 2.76. The minimum absolute atomic E-state index is 0.289. The summed E-state index contributed by atoms with van der Waals surface area (Å²) in [6.07, 6.45) is -0.636. The number of hydrogen-bond acceptors (Lipinski definition) is 5. The molecule has 2 amide bonds. The molecule has 1 rings (SSSR count). The lowest BCUT2D eigenvalue weighted by Crippen LogP contribution is -2.35.